The number of sulfonamides is 1. The van der Waals surface area contributed by atoms with Crippen LogP contribution in [0.4, 0.5) is 10.8 Å². The number of amides is 1. The van der Waals surface area contributed by atoms with Crippen molar-refractivity contribution in [2.24, 2.45) is 0 Å². The summed E-state index contributed by atoms with van der Waals surface area (Å²) in [7, 11) is -3.98. The molecule has 0 aliphatic heterocycles. The van der Waals surface area contributed by atoms with E-state index < -0.39 is 22.5 Å². The van der Waals surface area contributed by atoms with Crippen molar-refractivity contribution in [1.82, 2.24) is 10.2 Å². The van der Waals surface area contributed by atoms with Crippen molar-refractivity contribution in [3.63, 3.8) is 0 Å². The van der Waals surface area contributed by atoms with E-state index in [0.29, 0.717) is 10.2 Å². The van der Waals surface area contributed by atoms with E-state index in [0.717, 1.165) is 14.4 Å². The monoisotopic (exact) mass is 468 g/mol. The number of benzene rings is 2. The van der Waals surface area contributed by atoms with E-state index in [4.69, 9.17) is 11.6 Å². The van der Waals surface area contributed by atoms with Crippen LogP contribution in [0.2, 0.25) is 5.02 Å². The number of hydrogen-bond donors (Lipinski definition) is 1. The first-order valence-corrected chi connectivity index (χ1v) is 12.1. The maximum atomic E-state index is 13.2. The summed E-state index contributed by atoms with van der Waals surface area (Å²) >= 11 is 8.79. The molecule has 1 N–H and O–H groups in total. The fraction of sp³-hybridized carbons (Fsp3) is 0.167. The van der Waals surface area contributed by atoms with Gasteiger partial charge in [-0.15, -0.1) is 10.2 Å². The Morgan fingerprint density at radius 3 is 2.62 bits per heavy atom. The average Bonchev–Trinajstić information content (AvgIpc) is 3.14. The van der Waals surface area contributed by atoms with Gasteiger partial charge in [-0.05, 0) is 36.1 Å². The van der Waals surface area contributed by atoms with Gasteiger partial charge in [-0.25, -0.2) is 8.42 Å². The summed E-state index contributed by atoms with van der Waals surface area (Å²) in [4.78, 5) is 12.7. The average molecular weight is 469 g/mol. The lowest BCUT2D eigenvalue weighted by Crippen LogP contribution is -2.38. The quantitative estimate of drug-likeness (QED) is 0.394. The number of anilines is 2. The molecule has 2 aromatic carbocycles. The first kappa shape index (κ1) is 21.6. The number of aromatic nitrogens is 2. The minimum Gasteiger partial charge on any atom is -0.299 e. The highest BCUT2D eigenvalue weighted by Gasteiger charge is 2.27. The fourth-order valence-corrected chi connectivity index (χ4v) is 5.68. The molecule has 7 nitrogen and oxygen atoms in total. The van der Waals surface area contributed by atoms with Gasteiger partial charge < -0.3 is 0 Å². The molecule has 0 unspecified atom stereocenters. The van der Waals surface area contributed by atoms with Crippen LogP contribution in [0.1, 0.15) is 6.92 Å². The molecule has 3 rings (SSSR count). The van der Waals surface area contributed by atoms with Crippen LogP contribution in [-0.4, -0.2) is 36.8 Å². The minimum absolute atomic E-state index is 0.0744. The predicted octanol–water partition coefficient (Wildman–Crippen LogP) is 4.14. The van der Waals surface area contributed by atoms with Crippen LogP contribution in [0, 0.1) is 0 Å². The highest BCUT2D eigenvalue weighted by Crippen LogP contribution is 2.27. The number of nitrogens with one attached hydrogen (secondary N) is 1. The van der Waals surface area contributed by atoms with Crippen molar-refractivity contribution >= 4 is 61.4 Å². The molecule has 1 amide bonds. The Hall–Kier alpha value is -2.14. The van der Waals surface area contributed by atoms with E-state index in [1.807, 2.05) is 6.92 Å². The molecular weight excluding hydrogens is 452 g/mol. The maximum absolute atomic E-state index is 13.2. The Kier molecular flexibility index (Phi) is 7.12. The zero-order valence-corrected chi connectivity index (χ0v) is 18.5. The lowest BCUT2D eigenvalue weighted by molar-refractivity contribution is -0.114. The van der Waals surface area contributed by atoms with E-state index in [-0.39, 0.29) is 10.6 Å². The van der Waals surface area contributed by atoms with Crippen molar-refractivity contribution in [3.05, 3.63) is 59.6 Å². The maximum Gasteiger partial charge on any atom is 0.264 e. The number of halogens is 1. The summed E-state index contributed by atoms with van der Waals surface area (Å²) in [5.41, 5.74) is 0.288. The number of carbonyl (C=O) groups is 1. The van der Waals surface area contributed by atoms with Crippen LogP contribution in [-0.2, 0) is 14.8 Å². The Morgan fingerprint density at radius 2 is 1.93 bits per heavy atom. The molecule has 0 aliphatic carbocycles. The third-order valence-electron chi connectivity index (χ3n) is 3.64. The molecule has 0 aliphatic rings. The molecule has 1 aromatic heterocycles. The molecule has 0 spiro atoms. The lowest BCUT2D eigenvalue weighted by Gasteiger charge is -2.24. The second-order valence-electron chi connectivity index (χ2n) is 5.66. The second kappa shape index (κ2) is 9.57. The molecule has 0 bridgehead atoms. The smallest absolute Gasteiger partial charge is 0.264 e. The molecule has 11 heteroatoms. The Balaban J connectivity index is 1.88. The zero-order chi connectivity index (χ0) is 20.9. The van der Waals surface area contributed by atoms with Gasteiger partial charge in [0.1, 0.15) is 6.54 Å². The van der Waals surface area contributed by atoms with E-state index in [9.17, 15) is 13.2 Å². The first-order valence-electron chi connectivity index (χ1n) is 8.49. The number of hydrogen-bond acceptors (Lipinski definition) is 7. The standard InChI is InChI=1S/C18H17ClN4O3S3/c1-2-27-18-22-21-17(28-18)20-16(24)12-23(14-8-6-7-13(19)11-14)29(25,26)15-9-4-3-5-10-15/h3-11H,2,12H2,1H3,(H,20,21,24). The van der Waals surface area contributed by atoms with Gasteiger partial charge in [0.25, 0.3) is 10.0 Å². The predicted molar refractivity (Wildman–Crippen MR) is 117 cm³/mol. The van der Waals surface area contributed by atoms with Crippen LogP contribution >= 0.6 is 34.7 Å². The molecule has 29 heavy (non-hydrogen) atoms. The lowest BCUT2D eigenvalue weighted by atomic mass is 10.3. The van der Waals surface area contributed by atoms with E-state index in [2.05, 4.69) is 15.5 Å². The largest absolute Gasteiger partial charge is 0.299 e. The summed E-state index contributed by atoms with van der Waals surface area (Å²) in [6, 6.07) is 14.3. The molecule has 1 heterocycles. The summed E-state index contributed by atoms with van der Waals surface area (Å²) in [6.45, 7) is 1.55. The van der Waals surface area contributed by atoms with Gasteiger partial charge in [-0.3, -0.25) is 14.4 Å². The number of rotatable bonds is 8. The third-order valence-corrected chi connectivity index (χ3v) is 7.51. The molecule has 0 radical (unpaired) electrons. The van der Waals surface area contributed by atoms with Crippen molar-refractivity contribution in [1.29, 1.82) is 0 Å². The summed E-state index contributed by atoms with van der Waals surface area (Å²) in [5, 5.41) is 11.2. The van der Waals surface area contributed by atoms with E-state index in [1.54, 1.807) is 36.4 Å². The fourth-order valence-electron chi connectivity index (χ4n) is 2.40. The van der Waals surface area contributed by atoms with Crippen LogP contribution in [0.15, 0.2) is 63.8 Å². The van der Waals surface area contributed by atoms with Crippen molar-refractivity contribution in [2.45, 2.75) is 16.2 Å². The zero-order valence-electron chi connectivity index (χ0n) is 15.3. The molecule has 0 saturated carbocycles. The van der Waals surface area contributed by atoms with Crippen LogP contribution in [0.3, 0.4) is 0 Å². The minimum atomic E-state index is -3.98. The van der Waals surface area contributed by atoms with Gasteiger partial charge in [-0.1, -0.05) is 65.9 Å². The summed E-state index contributed by atoms with van der Waals surface area (Å²) in [5.74, 6) is 0.300. The number of carbonyl (C=O) groups excluding carboxylic acids is 1. The molecular formula is C18H17ClN4O3S3. The van der Waals surface area contributed by atoms with E-state index >= 15 is 0 Å². The van der Waals surface area contributed by atoms with Gasteiger partial charge >= 0.3 is 0 Å². The topological polar surface area (TPSA) is 92.3 Å². The SMILES string of the molecule is CCSc1nnc(NC(=O)CN(c2cccc(Cl)c2)S(=O)(=O)c2ccccc2)s1. The van der Waals surface area contributed by atoms with E-state index in [1.165, 1.54) is 41.3 Å². The summed E-state index contributed by atoms with van der Waals surface area (Å²) < 4.78 is 28.1. The van der Waals surface area contributed by atoms with Gasteiger partial charge in [0, 0.05) is 5.02 Å². The van der Waals surface area contributed by atoms with Crippen molar-refractivity contribution < 1.29 is 13.2 Å². The molecule has 0 saturated heterocycles. The van der Waals surface area contributed by atoms with Crippen molar-refractivity contribution in [2.75, 3.05) is 21.9 Å². The Bertz CT molecular complexity index is 1090. The van der Waals surface area contributed by atoms with Gasteiger partial charge in [0.05, 0.1) is 10.6 Å². The molecule has 0 fully saturated rings. The normalized spacial score (nSPS) is 11.2. The molecule has 152 valence electrons. The van der Waals surface area contributed by atoms with Crippen LogP contribution in [0.5, 0.6) is 0 Å². The highest BCUT2D eigenvalue weighted by atomic mass is 35.5. The molecule has 3 aromatic rings. The number of thioether (sulfide) groups is 1. The Morgan fingerprint density at radius 1 is 1.17 bits per heavy atom. The highest BCUT2D eigenvalue weighted by molar-refractivity contribution is 8.01. The number of nitrogens with zero attached hydrogens (tertiary/aromatic N) is 3. The third kappa shape index (κ3) is 5.47. The summed E-state index contributed by atoms with van der Waals surface area (Å²) in [6.07, 6.45) is 0. The molecule has 0 atom stereocenters. The van der Waals surface area contributed by atoms with Gasteiger partial charge in [-0.2, -0.15) is 0 Å². The van der Waals surface area contributed by atoms with Crippen LogP contribution in [0.25, 0.3) is 0 Å². The van der Waals surface area contributed by atoms with Gasteiger partial charge in [0.15, 0.2) is 4.34 Å². The Labute approximate surface area is 182 Å². The second-order valence-corrected chi connectivity index (χ2v) is 10.4. The van der Waals surface area contributed by atoms with Gasteiger partial charge in [0.2, 0.25) is 11.0 Å². The van der Waals surface area contributed by atoms with Crippen LogP contribution < -0.4 is 9.62 Å². The van der Waals surface area contributed by atoms with Crippen molar-refractivity contribution in [3.8, 4) is 0 Å². The first-order chi connectivity index (χ1) is 13.9.